The maximum atomic E-state index is 12.8. The Hall–Kier alpha value is -2.95. The fraction of sp³-hybridized carbons (Fsp3) is 0.100. The van der Waals surface area contributed by atoms with Gasteiger partial charge in [0.15, 0.2) is 0 Å². The average molecular weight is 343 g/mol. The maximum absolute atomic E-state index is 12.8. The molecule has 3 rings (SSSR count). The van der Waals surface area contributed by atoms with E-state index >= 15 is 0 Å². The predicted molar refractivity (Wildman–Crippen MR) is 92.7 cm³/mol. The highest BCUT2D eigenvalue weighted by molar-refractivity contribution is 5.76. The van der Waals surface area contributed by atoms with Crippen LogP contribution in [0.4, 0.5) is 30.2 Å². The van der Waals surface area contributed by atoms with Crippen molar-refractivity contribution in [2.75, 3.05) is 12.0 Å². The Bertz CT molecular complexity index is 812. The van der Waals surface area contributed by atoms with Gasteiger partial charge in [-0.25, -0.2) is 0 Å². The normalized spacial score (nSPS) is 11.2. The minimum Gasteiger partial charge on any atom is -0.497 e. The van der Waals surface area contributed by atoms with Crippen LogP contribution in [0.25, 0.3) is 0 Å². The quantitative estimate of drug-likeness (QED) is 0.560. The molecule has 0 unspecified atom stereocenters. The Morgan fingerprint density at radius 1 is 0.680 bits per heavy atom. The highest BCUT2D eigenvalue weighted by Gasteiger charge is 2.30. The maximum Gasteiger partial charge on any atom is 0.416 e. The molecule has 0 radical (unpaired) electrons. The average Bonchev–Trinajstić information content (AvgIpc) is 2.63. The van der Waals surface area contributed by atoms with E-state index in [1.807, 2.05) is 59.5 Å². The van der Waals surface area contributed by atoms with Crippen LogP contribution >= 0.6 is 0 Å². The molecular weight excluding hydrogens is 327 g/mol. The molecule has 0 amide bonds. The van der Waals surface area contributed by atoms with Gasteiger partial charge < -0.3 is 9.64 Å². The summed E-state index contributed by atoms with van der Waals surface area (Å²) in [6, 6.07) is 22.0. The number of ether oxygens (including phenoxy) is 1. The number of anilines is 3. The van der Waals surface area contributed by atoms with Crippen molar-refractivity contribution in [2.24, 2.45) is 0 Å². The molecule has 3 aromatic rings. The second kappa shape index (κ2) is 6.89. The lowest BCUT2D eigenvalue weighted by Crippen LogP contribution is -2.11. The summed E-state index contributed by atoms with van der Waals surface area (Å²) in [5.41, 5.74) is 1.66. The topological polar surface area (TPSA) is 12.5 Å². The van der Waals surface area contributed by atoms with Crippen molar-refractivity contribution in [3.05, 3.63) is 84.4 Å². The Morgan fingerprint density at radius 3 is 1.64 bits per heavy atom. The summed E-state index contributed by atoms with van der Waals surface area (Å²) < 4.78 is 43.6. The molecule has 0 bridgehead atoms. The van der Waals surface area contributed by atoms with E-state index in [4.69, 9.17) is 4.74 Å². The molecule has 0 aliphatic heterocycles. The highest BCUT2D eigenvalue weighted by Crippen LogP contribution is 2.37. The third-order valence-corrected chi connectivity index (χ3v) is 3.80. The fourth-order valence-corrected chi connectivity index (χ4v) is 2.56. The smallest absolute Gasteiger partial charge is 0.416 e. The third-order valence-electron chi connectivity index (χ3n) is 3.80. The highest BCUT2D eigenvalue weighted by atomic mass is 19.4. The molecule has 128 valence electrons. The van der Waals surface area contributed by atoms with Gasteiger partial charge in [-0.2, -0.15) is 13.2 Å². The predicted octanol–water partition coefficient (Wildman–Crippen LogP) is 6.18. The first kappa shape index (κ1) is 16.9. The van der Waals surface area contributed by atoms with Crippen LogP contribution in [-0.4, -0.2) is 7.11 Å². The molecule has 0 aromatic heterocycles. The lowest BCUT2D eigenvalue weighted by Gasteiger charge is -2.25. The van der Waals surface area contributed by atoms with Gasteiger partial charge in [-0.1, -0.05) is 18.2 Å². The largest absolute Gasteiger partial charge is 0.497 e. The summed E-state index contributed by atoms with van der Waals surface area (Å²) in [4.78, 5) is 1.89. The van der Waals surface area contributed by atoms with Crippen LogP contribution in [0, 0.1) is 0 Å². The van der Waals surface area contributed by atoms with Gasteiger partial charge in [0.2, 0.25) is 0 Å². The van der Waals surface area contributed by atoms with Gasteiger partial charge in [0.25, 0.3) is 0 Å². The van der Waals surface area contributed by atoms with Crippen molar-refractivity contribution < 1.29 is 17.9 Å². The Kier molecular flexibility index (Phi) is 4.65. The van der Waals surface area contributed by atoms with Crippen LogP contribution in [0.5, 0.6) is 5.75 Å². The van der Waals surface area contributed by atoms with Gasteiger partial charge in [-0.05, 0) is 60.7 Å². The molecule has 25 heavy (non-hydrogen) atoms. The molecule has 0 saturated carbocycles. The fourth-order valence-electron chi connectivity index (χ4n) is 2.56. The van der Waals surface area contributed by atoms with Crippen molar-refractivity contribution in [2.45, 2.75) is 6.18 Å². The van der Waals surface area contributed by atoms with Crippen molar-refractivity contribution in [1.82, 2.24) is 0 Å². The second-order valence-corrected chi connectivity index (χ2v) is 5.41. The first-order valence-electron chi connectivity index (χ1n) is 7.65. The lowest BCUT2D eigenvalue weighted by atomic mass is 10.1. The second-order valence-electron chi connectivity index (χ2n) is 5.41. The minimum absolute atomic E-state index is 0.643. The van der Waals surface area contributed by atoms with Gasteiger partial charge in [0.1, 0.15) is 5.75 Å². The van der Waals surface area contributed by atoms with Crippen LogP contribution < -0.4 is 9.64 Å². The summed E-state index contributed by atoms with van der Waals surface area (Å²) in [6.45, 7) is 0. The van der Waals surface area contributed by atoms with E-state index in [9.17, 15) is 13.2 Å². The van der Waals surface area contributed by atoms with Crippen LogP contribution in [0.15, 0.2) is 78.9 Å². The SMILES string of the molecule is COc1ccc(N(c2ccccc2)c2ccc(C(F)(F)F)cc2)cc1. The van der Waals surface area contributed by atoms with E-state index in [-0.39, 0.29) is 0 Å². The van der Waals surface area contributed by atoms with E-state index in [0.29, 0.717) is 11.4 Å². The Labute approximate surface area is 144 Å². The number of alkyl halides is 3. The molecule has 0 spiro atoms. The van der Waals surface area contributed by atoms with Crippen LogP contribution in [0.2, 0.25) is 0 Å². The molecule has 0 atom stereocenters. The zero-order valence-electron chi connectivity index (χ0n) is 13.5. The zero-order chi connectivity index (χ0) is 17.9. The standard InChI is InChI=1S/C20H16F3NO/c1-25-19-13-11-18(12-14-19)24(16-5-3-2-4-6-16)17-9-7-15(8-10-17)20(21,22)23/h2-14H,1H3. The number of hydrogen-bond donors (Lipinski definition) is 0. The third kappa shape index (κ3) is 3.76. The molecule has 0 aliphatic rings. The molecule has 5 heteroatoms. The van der Waals surface area contributed by atoms with Crippen LogP contribution in [0.1, 0.15) is 5.56 Å². The van der Waals surface area contributed by atoms with E-state index in [2.05, 4.69) is 0 Å². The lowest BCUT2D eigenvalue weighted by molar-refractivity contribution is -0.137. The van der Waals surface area contributed by atoms with Gasteiger partial charge in [-0.3, -0.25) is 0 Å². The summed E-state index contributed by atoms with van der Waals surface area (Å²) in [6.07, 6.45) is -4.35. The molecule has 2 nitrogen and oxygen atoms in total. The number of halogens is 3. The molecular formula is C20H16F3NO. The van der Waals surface area contributed by atoms with E-state index < -0.39 is 11.7 Å². The van der Waals surface area contributed by atoms with Crippen molar-refractivity contribution in [3.63, 3.8) is 0 Å². The summed E-state index contributed by atoms with van der Waals surface area (Å²) in [7, 11) is 1.58. The number of benzene rings is 3. The zero-order valence-corrected chi connectivity index (χ0v) is 13.5. The van der Waals surface area contributed by atoms with Gasteiger partial charge in [0.05, 0.1) is 12.7 Å². The van der Waals surface area contributed by atoms with Crippen molar-refractivity contribution >= 4 is 17.1 Å². The monoisotopic (exact) mass is 343 g/mol. The first-order valence-corrected chi connectivity index (χ1v) is 7.65. The van der Waals surface area contributed by atoms with Crippen molar-refractivity contribution in [3.8, 4) is 5.75 Å². The van der Waals surface area contributed by atoms with E-state index in [1.165, 1.54) is 12.1 Å². The summed E-state index contributed by atoms with van der Waals surface area (Å²) in [5.74, 6) is 0.712. The number of para-hydroxylation sites is 1. The molecule has 0 N–H and O–H groups in total. The number of methoxy groups -OCH3 is 1. The molecule has 0 heterocycles. The first-order chi connectivity index (χ1) is 12.0. The van der Waals surface area contributed by atoms with Crippen LogP contribution in [-0.2, 0) is 6.18 Å². The molecule has 0 fully saturated rings. The van der Waals surface area contributed by atoms with Gasteiger partial charge in [0, 0.05) is 17.1 Å². The van der Waals surface area contributed by atoms with Gasteiger partial charge >= 0.3 is 6.18 Å². The van der Waals surface area contributed by atoms with Crippen molar-refractivity contribution in [1.29, 1.82) is 0 Å². The minimum atomic E-state index is -4.35. The number of nitrogens with zero attached hydrogens (tertiary/aromatic N) is 1. The Morgan fingerprint density at radius 2 is 1.16 bits per heavy atom. The molecule has 3 aromatic carbocycles. The molecule has 0 saturated heterocycles. The molecule has 0 aliphatic carbocycles. The van der Waals surface area contributed by atoms with Crippen LogP contribution in [0.3, 0.4) is 0 Å². The number of rotatable bonds is 4. The Balaban J connectivity index is 2.05. The van der Waals surface area contributed by atoms with E-state index in [0.717, 1.165) is 23.5 Å². The summed E-state index contributed by atoms with van der Waals surface area (Å²) >= 11 is 0. The summed E-state index contributed by atoms with van der Waals surface area (Å²) in [5, 5.41) is 0. The number of hydrogen-bond acceptors (Lipinski definition) is 2. The van der Waals surface area contributed by atoms with E-state index in [1.54, 1.807) is 7.11 Å². The van der Waals surface area contributed by atoms with Gasteiger partial charge in [-0.15, -0.1) is 0 Å².